The van der Waals surface area contributed by atoms with Crippen LogP contribution in [0.5, 0.6) is 23.1 Å². The summed E-state index contributed by atoms with van der Waals surface area (Å²) < 4.78 is 17.9. The first-order valence-electron chi connectivity index (χ1n) is 9.36. The van der Waals surface area contributed by atoms with E-state index in [4.69, 9.17) is 14.2 Å². The van der Waals surface area contributed by atoms with Crippen molar-refractivity contribution >= 4 is 11.6 Å². The van der Waals surface area contributed by atoms with E-state index in [2.05, 4.69) is 20.4 Å². The molecule has 0 unspecified atom stereocenters. The van der Waals surface area contributed by atoms with Gasteiger partial charge in [0.15, 0.2) is 12.4 Å². The Labute approximate surface area is 178 Å². The molecule has 31 heavy (non-hydrogen) atoms. The Morgan fingerprint density at radius 2 is 1.74 bits per heavy atom. The standard InChI is InChI=1S/C22H19N5O4/c1-29-17-7-9-18(10-8-17)30-14-21(28)26-16-3-5-19(6-4-16)31-22-13-20(23-15-24-22)27-12-2-11-25-27/h2-13,15H,14H2,1H3,(H,26,28). The highest BCUT2D eigenvalue weighted by molar-refractivity contribution is 5.91. The smallest absolute Gasteiger partial charge is 0.262 e. The maximum absolute atomic E-state index is 12.1. The SMILES string of the molecule is COc1ccc(OCC(=O)Nc2ccc(Oc3cc(-n4cccn4)ncn3)cc2)cc1. The number of anilines is 1. The second-order valence-electron chi connectivity index (χ2n) is 6.30. The number of nitrogens with zero attached hydrogens (tertiary/aromatic N) is 4. The highest BCUT2D eigenvalue weighted by Gasteiger charge is 2.06. The van der Waals surface area contributed by atoms with Gasteiger partial charge in [0.2, 0.25) is 5.88 Å². The molecule has 9 heteroatoms. The summed E-state index contributed by atoms with van der Waals surface area (Å²) in [4.78, 5) is 20.4. The van der Waals surface area contributed by atoms with Crippen molar-refractivity contribution in [2.45, 2.75) is 0 Å². The van der Waals surface area contributed by atoms with Gasteiger partial charge >= 0.3 is 0 Å². The van der Waals surface area contributed by atoms with E-state index in [9.17, 15) is 4.79 Å². The molecule has 2 aromatic heterocycles. The lowest BCUT2D eigenvalue weighted by Gasteiger charge is -2.09. The molecule has 0 radical (unpaired) electrons. The normalized spacial score (nSPS) is 10.4. The van der Waals surface area contributed by atoms with E-state index < -0.39 is 0 Å². The number of aromatic nitrogens is 4. The zero-order valence-corrected chi connectivity index (χ0v) is 16.6. The van der Waals surface area contributed by atoms with Crippen molar-refractivity contribution in [3.8, 4) is 28.9 Å². The topological polar surface area (TPSA) is 100 Å². The first-order chi connectivity index (χ1) is 15.2. The highest BCUT2D eigenvalue weighted by Crippen LogP contribution is 2.22. The molecule has 4 aromatic rings. The number of hydrogen-bond donors (Lipinski definition) is 1. The van der Waals surface area contributed by atoms with E-state index in [-0.39, 0.29) is 12.5 Å². The average molecular weight is 417 g/mol. The Morgan fingerprint density at radius 3 is 2.45 bits per heavy atom. The van der Waals surface area contributed by atoms with Crippen LogP contribution in [0.3, 0.4) is 0 Å². The Morgan fingerprint density at radius 1 is 1.00 bits per heavy atom. The molecule has 0 aliphatic carbocycles. The summed E-state index contributed by atoms with van der Waals surface area (Å²) in [5.74, 6) is 2.57. The molecule has 0 aliphatic heterocycles. The number of amides is 1. The minimum Gasteiger partial charge on any atom is -0.497 e. The van der Waals surface area contributed by atoms with Gasteiger partial charge in [-0.3, -0.25) is 4.79 Å². The molecule has 1 N–H and O–H groups in total. The van der Waals surface area contributed by atoms with Crippen LogP contribution in [-0.4, -0.2) is 39.4 Å². The summed E-state index contributed by atoms with van der Waals surface area (Å²) in [6.07, 6.45) is 4.85. The Balaban J connectivity index is 1.30. The third-order valence-electron chi connectivity index (χ3n) is 4.16. The van der Waals surface area contributed by atoms with Crippen molar-refractivity contribution in [2.75, 3.05) is 19.0 Å². The van der Waals surface area contributed by atoms with E-state index in [1.165, 1.54) is 6.33 Å². The third-order valence-corrected chi connectivity index (χ3v) is 4.16. The van der Waals surface area contributed by atoms with Crippen molar-refractivity contribution < 1.29 is 19.0 Å². The van der Waals surface area contributed by atoms with Gasteiger partial charge in [0.1, 0.15) is 23.6 Å². The van der Waals surface area contributed by atoms with Crippen molar-refractivity contribution in [2.24, 2.45) is 0 Å². The highest BCUT2D eigenvalue weighted by atomic mass is 16.5. The van der Waals surface area contributed by atoms with Crippen LogP contribution in [0.25, 0.3) is 5.82 Å². The van der Waals surface area contributed by atoms with Gasteiger partial charge in [0, 0.05) is 24.1 Å². The zero-order chi connectivity index (χ0) is 21.5. The maximum atomic E-state index is 12.1. The van der Waals surface area contributed by atoms with Gasteiger partial charge in [-0.05, 0) is 54.6 Å². The summed E-state index contributed by atoms with van der Waals surface area (Å²) in [5.41, 5.74) is 0.621. The molecular formula is C22H19N5O4. The minimum absolute atomic E-state index is 0.109. The molecule has 4 rings (SSSR count). The number of carbonyl (C=O) groups is 1. The molecule has 0 spiro atoms. The summed E-state index contributed by atoms with van der Waals surface area (Å²) in [6.45, 7) is -0.109. The number of hydrogen-bond acceptors (Lipinski definition) is 7. The zero-order valence-electron chi connectivity index (χ0n) is 16.6. The number of carbonyl (C=O) groups excluding carboxylic acids is 1. The molecule has 9 nitrogen and oxygen atoms in total. The van der Waals surface area contributed by atoms with Crippen molar-refractivity contribution in [3.63, 3.8) is 0 Å². The molecule has 156 valence electrons. The van der Waals surface area contributed by atoms with Crippen LogP contribution in [0.15, 0.2) is 79.4 Å². The van der Waals surface area contributed by atoms with Crippen LogP contribution in [0, 0.1) is 0 Å². The molecular weight excluding hydrogens is 398 g/mol. The Kier molecular flexibility index (Phi) is 6.03. The summed E-state index contributed by atoms with van der Waals surface area (Å²) >= 11 is 0. The van der Waals surface area contributed by atoms with Gasteiger partial charge in [-0.15, -0.1) is 0 Å². The first-order valence-corrected chi connectivity index (χ1v) is 9.36. The molecule has 0 bridgehead atoms. The van der Waals surface area contributed by atoms with Crippen LogP contribution in [0.4, 0.5) is 5.69 Å². The quantitative estimate of drug-likeness (QED) is 0.468. The van der Waals surface area contributed by atoms with E-state index in [1.807, 2.05) is 0 Å². The summed E-state index contributed by atoms with van der Waals surface area (Å²) in [7, 11) is 1.59. The molecule has 1 amide bonds. The second kappa shape index (κ2) is 9.40. The largest absolute Gasteiger partial charge is 0.497 e. The summed E-state index contributed by atoms with van der Waals surface area (Å²) in [5, 5.41) is 6.90. The van der Waals surface area contributed by atoms with Gasteiger partial charge in [0.05, 0.1) is 7.11 Å². The van der Waals surface area contributed by atoms with E-state index >= 15 is 0 Å². The predicted octanol–water partition coefficient (Wildman–Crippen LogP) is 3.48. The lowest BCUT2D eigenvalue weighted by atomic mass is 10.3. The summed E-state index contributed by atoms with van der Waals surface area (Å²) in [6, 6.07) is 17.4. The van der Waals surface area contributed by atoms with Crippen molar-refractivity contribution in [3.05, 3.63) is 79.4 Å². The van der Waals surface area contributed by atoms with E-state index in [1.54, 1.807) is 84.8 Å². The number of benzene rings is 2. The fourth-order valence-corrected chi connectivity index (χ4v) is 2.66. The van der Waals surface area contributed by atoms with Crippen LogP contribution in [-0.2, 0) is 4.79 Å². The average Bonchev–Trinajstić information content (AvgIpc) is 3.35. The molecule has 2 aromatic carbocycles. The molecule has 0 fully saturated rings. The Hall–Kier alpha value is -4.40. The van der Waals surface area contributed by atoms with Crippen LogP contribution in [0.1, 0.15) is 0 Å². The third kappa shape index (κ3) is 5.36. The first kappa shape index (κ1) is 19.9. The number of rotatable bonds is 8. The van der Waals surface area contributed by atoms with Crippen LogP contribution in [0.2, 0.25) is 0 Å². The van der Waals surface area contributed by atoms with Gasteiger partial charge in [-0.1, -0.05) is 0 Å². The lowest BCUT2D eigenvalue weighted by molar-refractivity contribution is -0.118. The van der Waals surface area contributed by atoms with Gasteiger partial charge in [-0.2, -0.15) is 5.10 Å². The molecule has 0 aliphatic rings. The Bertz CT molecular complexity index is 1130. The van der Waals surface area contributed by atoms with Crippen LogP contribution >= 0.6 is 0 Å². The fraction of sp³-hybridized carbons (Fsp3) is 0.0909. The minimum atomic E-state index is -0.274. The number of ether oxygens (including phenoxy) is 3. The van der Waals surface area contributed by atoms with Gasteiger partial charge in [0.25, 0.3) is 5.91 Å². The van der Waals surface area contributed by atoms with Crippen molar-refractivity contribution in [1.82, 2.24) is 19.7 Å². The number of nitrogens with one attached hydrogen (secondary N) is 1. The second-order valence-corrected chi connectivity index (χ2v) is 6.30. The predicted molar refractivity (Wildman–Crippen MR) is 113 cm³/mol. The molecule has 2 heterocycles. The van der Waals surface area contributed by atoms with Crippen molar-refractivity contribution in [1.29, 1.82) is 0 Å². The van der Waals surface area contributed by atoms with Gasteiger partial charge in [-0.25, -0.2) is 14.6 Å². The molecule has 0 saturated carbocycles. The van der Waals surface area contributed by atoms with E-state index in [0.717, 1.165) is 5.75 Å². The molecule has 0 atom stereocenters. The van der Waals surface area contributed by atoms with E-state index in [0.29, 0.717) is 28.9 Å². The fourth-order valence-electron chi connectivity index (χ4n) is 2.66. The number of methoxy groups -OCH3 is 1. The molecule has 0 saturated heterocycles. The monoisotopic (exact) mass is 417 g/mol. The van der Waals surface area contributed by atoms with Crippen LogP contribution < -0.4 is 19.5 Å². The van der Waals surface area contributed by atoms with Gasteiger partial charge < -0.3 is 19.5 Å². The lowest BCUT2D eigenvalue weighted by Crippen LogP contribution is -2.20. The maximum Gasteiger partial charge on any atom is 0.262 e.